The van der Waals surface area contributed by atoms with Crippen LogP contribution >= 0.6 is 0 Å². The van der Waals surface area contributed by atoms with Gasteiger partial charge in [0, 0.05) is 0 Å². The minimum absolute atomic E-state index is 0.0908. The molecule has 1 aliphatic rings. The van der Waals surface area contributed by atoms with Gasteiger partial charge in [-0.15, -0.1) is 0 Å². The standard InChI is InChI=1S/C12H20O4/c1-6-12(14)10(13)9(15-7(2)3)11(12)16-8(4)5/h7-8,14H,6H2,1-5H3. The van der Waals surface area contributed by atoms with E-state index in [1.165, 1.54) is 0 Å². The second-order valence-electron chi connectivity index (χ2n) is 4.53. The van der Waals surface area contributed by atoms with Gasteiger partial charge in [0.2, 0.25) is 11.5 Å². The van der Waals surface area contributed by atoms with E-state index in [1.54, 1.807) is 6.92 Å². The second kappa shape index (κ2) is 4.45. The van der Waals surface area contributed by atoms with Crippen molar-refractivity contribution in [3.63, 3.8) is 0 Å². The van der Waals surface area contributed by atoms with Crippen LogP contribution in [-0.4, -0.2) is 28.7 Å². The lowest BCUT2D eigenvalue weighted by Gasteiger charge is -2.39. The van der Waals surface area contributed by atoms with Crippen molar-refractivity contribution in [2.45, 2.75) is 58.8 Å². The van der Waals surface area contributed by atoms with E-state index < -0.39 is 5.60 Å². The summed E-state index contributed by atoms with van der Waals surface area (Å²) in [6, 6.07) is 0. The zero-order chi connectivity index (χ0) is 12.5. The monoisotopic (exact) mass is 228 g/mol. The summed E-state index contributed by atoms with van der Waals surface area (Å²) in [5, 5.41) is 10.1. The van der Waals surface area contributed by atoms with Crippen LogP contribution in [0.2, 0.25) is 0 Å². The van der Waals surface area contributed by atoms with Crippen LogP contribution < -0.4 is 0 Å². The van der Waals surface area contributed by atoms with Crippen LogP contribution in [0.25, 0.3) is 0 Å². The predicted octanol–water partition coefficient (Wildman–Crippen LogP) is 1.77. The fourth-order valence-corrected chi connectivity index (χ4v) is 1.57. The molecule has 1 unspecified atom stereocenters. The summed E-state index contributed by atoms with van der Waals surface area (Å²) in [6.07, 6.45) is 0.108. The molecule has 0 heterocycles. The van der Waals surface area contributed by atoms with Gasteiger partial charge in [-0.05, 0) is 34.1 Å². The number of ketones is 1. The maximum Gasteiger partial charge on any atom is 0.240 e. The van der Waals surface area contributed by atoms with E-state index in [9.17, 15) is 9.90 Å². The molecule has 0 aromatic rings. The largest absolute Gasteiger partial charge is 0.488 e. The van der Waals surface area contributed by atoms with Crippen LogP contribution in [0.3, 0.4) is 0 Å². The molecule has 0 amide bonds. The topological polar surface area (TPSA) is 55.8 Å². The summed E-state index contributed by atoms with van der Waals surface area (Å²) >= 11 is 0. The van der Waals surface area contributed by atoms with Gasteiger partial charge in [-0.1, -0.05) is 6.92 Å². The Morgan fingerprint density at radius 3 is 2.06 bits per heavy atom. The summed E-state index contributed by atoms with van der Waals surface area (Å²) in [5.74, 6) is 0.0797. The Morgan fingerprint density at radius 1 is 1.19 bits per heavy atom. The molecule has 0 fully saturated rings. The molecule has 0 radical (unpaired) electrons. The number of hydrogen-bond acceptors (Lipinski definition) is 4. The van der Waals surface area contributed by atoms with E-state index in [4.69, 9.17) is 9.47 Å². The van der Waals surface area contributed by atoms with E-state index in [2.05, 4.69) is 0 Å². The van der Waals surface area contributed by atoms with Crippen LogP contribution in [0.1, 0.15) is 41.0 Å². The van der Waals surface area contributed by atoms with Gasteiger partial charge < -0.3 is 14.6 Å². The van der Waals surface area contributed by atoms with Crippen LogP contribution in [0.15, 0.2) is 11.5 Å². The van der Waals surface area contributed by atoms with Crippen molar-refractivity contribution in [3.8, 4) is 0 Å². The number of aliphatic hydroxyl groups is 1. The van der Waals surface area contributed by atoms with Crippen LogP contribution in [-0.2, 0) is 14.3 Å². The minimum Gasteiger partial charge on any atom is -0.488 e. The Kier molecular flexibility index (Phi) is 3.63. The molecule has 0 aromatic carbocycles. The maximum absolute atomic E-state index is 11.7. The molecular formula is C12H20O4. The molecule has 1 rings (SSSR count). The van der Waals surface area contributed by atoms with Crippen LogP contribution in [0.4, 0.5) is 0 Å². The van der Waals surface area contributed by atoms with Crippen LogP contribution in [0.5, 0.6) is 0 Å². The minimum atomic E-state index is -1.48. The number of carbonyl (C=O) groups is 1. The first-order chi connectivity index (χ1) is 7.32. The fraction of sp³-hybridized carbons (Fsp3) is 0.750. The molecule has 1 N–H and O–H groups in total. The van der Waals surface area contributed by atoms with Crippen molar-refractivity contribution in [2.75, 3.05) is 0 Å². The Morgan fingerprint density at radius 2 is 1.69 bits per heavy atom. The summed E-state index contributed by atoms with van der Waals surface area (Å²) < 4.78 is 10.8. The number of ether oxygens (including phenoxy) is 2. The van der Waals surface area contributed by atoms with E-state index in [-0.39, 0.29) is 29.5 Å². The number of hydrogen-bond donors (Lipinski definition) is 1. The Labute approximate surface area is 96.2 Å². The lowest BCUT2D eigenvalue weighted by molar-refractivity contribution is -0.150. The van der Waals surface area contributed by atoms with Crippen molar-refractivity contribution >= 4 is 5.78 Å². The average molecular weight is 228 g/mol. The van der Waals surface area contributed by atoms with Crippen molar-refractivity contribution in [1.82, 2.24) is 0 Å². The molecule has 0 saturated carbocycles. The Balaban J connectivity index is 2.97. The van der Waals surface area contributed by atoms with Gasteiger partial charge in [-0.2, -0.15) is 0 Å². The molecule has 0 aliphatic heterocycles. The van der Waals surface area contributed by atoms with Gasteiger partial charge in [0.15, 0.2) is 11.4 Å². The van der Waals surface area contributed by atoms with Crippen LogP contribution in [0, 0.1) is 0 Å². The molecule has 0 aromatic heterocycles. The lowest BCUT2D eigenvalue weighted by atomic mass is 9.80. The number of rotatable bonds is 5. The zero-order valence-electron chi connectivity index (χ0n) is 10.5. The molecule has 1 atom stereocenters. The van der Waals surface area contributed by atoms with E-state index >= 15 is 0 Å². The van der Waals surface area contributed by atoms with E-state index in [0.717, 1.165) is 0 Å². The lowest BCUT2D eigenvalue weighted by Crippen LogP contribution is -2.53. The third kappa shape index (κ3) is 2.07. The first kappa shape index (κ1) is 13.0. The highest BCUT2D eigenvalue weighted by Crippen LogP contribution is 2.40. The smallest absolute Gasteiger partial charge is 0.240 e. The first-order valence-electron chi connectivity index (χ1n) is 5.68. The van der Waals surface area contributed by atoms with E-state index in [0.29, 0.717) is 6.42 Å². The van der Waals surface area contributed by atoms with Gasteiger partial charge in [-0.25, -0.2) is 0 Å². The van der Waals surface area contributed by atoms with Crippen molar-refractivity contribution in [1.29, 1.82) is 0 Å². The molecule has 92 valence electrons. The third-order valence-corrected chi connectivity index (χ3v) is 2.38. The molecule has 4 heteroatoms. The Hall–Kier alpha value is -1.03. The summed E-state index contributed by atoms with van der Waals surface area (Å²) in [4.78, 5) is 11.7. The van der Waals surface area contributed by atoms with Crippen molar-refractivity contribution < 1.29 is 19.4 Å². The highest BCUT2D eigenvalue weighted by atomic mass is 16.5. The number of carbonyl (C=O) groups excluding carboxylic acids is 1. The molecule has 4 nitrogen and oxygen atoms in total. The second-order valence-corrected chi connectivity index (χ2v) is 4.53. The van der Waals surface area contributed by atoms with Crippen molar-refractivity contribution in [2.24, 2.45) is 0 Å². The normalized spacial score (nSPS) is 25.1. The van der Waals surface area contributed by atoms with Crippen molar-refractivity contribution in [3.05, 3.63) is 11.5 Å². The van der Waals surface area contributed by atoms with Gasteiger partial charge in [0.25, 0.3) is 0 Å². The first-order valence-corrected chi connectivity index (χ1v) is 5.68. The molecular weight excluding hydrogens is 208 g/mol. The maximum atomic E-state index is 11.7. The molecule has 16 heavy (non-hydrogen) atoms. The zero-order valence-corrected chi connectivity index (χ0v) is 10.5. The quantitative estimate of drug-likeness (QED) is 0.779. The molecule has 0 spiro atoms. The molecule has 0 saturated heterocycles. The van der Waals surface area contributed by atoms with E-state index in [1.807, 2.05) is 27.7 Å². The SMILES string of the molecule is CCC1(O)C(=O)C(OC(C)C)=C1OC(C)C. The summed E-state index contributed by atoms with van der Waals surface area (Å²) in [6.45, 7) is 9.10. The fourth-order valence-electron chi connectivity index (χ4n) is 1.57. The molecule has 1 aliphatic carbocycles. The van der Waals surface area contributed by atoms with Gasteiger partial charge in [0.05, 0.1) is 12.2 Å². The summed E-state index contributed by atoms with van der Waals surface area (Å²) in [7, 11) is 0. The Bertz CT molecular complexity index is 317. The van der Waals surface area contributed by atoms with Gasteiger partial charge in [0.1, 0.15) is 0 Å². The predicted molar refractivity (Wildman–Crippen MR) is 59.7 cm³/mol. The summed E-state index contributed by atoms with van der Waals surface area (Å²) in [5.41, 5.74) is -1.48. The highest BCUT2D eigenvalue weighted by Gasteiger charge is 2.55. The molecule has 0 bridgehead atoms. The van der Waals surface area contributed by atoms with Gasteiger partial charge >= 0.3 is 0 Å². The highest BCUT2D eigenvalue weighted by molar-refractivity contribution is 6.10. The average Bonchev–Trinajstić information content (AvgIpc) is 2.21. The third-order valence-electron chi connectivity index (χ3n) is 2.38. The number of Topliss-reactive ketones (excluding diaryl/α,β-unsaturated/α-hetero) is 1. The van der Waals surface area contributed by atoms with Gasteiger partial charge in [-0.3, -0.25) is 4.79 Å².